The van der Waals surface area contributed by atoms with E-state index in [1.807, 2.05) is 0 Å². The third kappa shape index (κ3) is 1.67. The molecule has 0 bridgehead atoms. The number of imidazole rings is 1. The van der Waals surface area contributed by atoms with Crippen molar-refractivity contribution in [3.63, 3.8) is 0 Å². The molecule has 2 heterocycles. The van der Waals surface area contributed by atoms with Gasteiger partial charge in [-0.25, -0.2) is 15.0 Å². The van der Waals surface area contributed by atoms with Crippen LogP contribution in [-0.4, -0.2) is 19.5 Å². The van der Waals surface area contributed by atoms with Crippen molar-refractivity contribution in [2.24, 2.45) is 0 Å². The van der Waals surface area contributed by atoms with Crippen LogP contribution >= 0.6 is 15.9 Å². The van der Waals surface area contributed by atoms with E-state index in [1.54, 1.807) is 29.5 Å². The van der Waals surface area contributed by atoms with E-state index >= 15 is 0 Å². The van der Waals surface area contributed by atoms with Gasteiger partial charge in [0.05, 0.1) is 10.7 Å². The lowest BCUT2D eigenvalue weighted by Crippen LogP contribution is -1.97. The first-order valence-electron chi connectivity index (χ1n) is 3.53. The molecule has 0 saturated heterocycles. The molecule has 5 nitrogen and oxygen atoms in total. The average Bonchev–Trinajstić information content (AvgIpc) is 2.53. The third-order valence-corrected chi connectivity index (χ3v) is 1.85. The summed E-state index contributed by atoms with van der Waals surface area (Å²) in [6.45, 7) is 0. The smallest absolute Gasteiger partial charge is 0.234 e. The first-order valence-corrected chi connectivity index (χ1v) is 4.32. The summed E-state index contributed by atoms with van der Waals surface area (Å²) in [7, 11) is 0. The molecule has 2 aromatic rings. The molecule has 0 aliphatic carbocycles. The quantitative estimate of drug-likeness (QED) is 0.807. The van der Waals surface area contributed by atoms with Crippen LogP contribution in [0.25, 0.3) is 5.95 Å². The van der Waals surface area contributed by atoms with Gasteiger partial charge in [0.1, 0.15) is 12.1 Å². The summed E-state index contributed by atoms with van der Waals surface area (Å²) in [4.78, 5) is 12.0. The molecule has 0 fully saturated rings. The lowest BCUT2D eigenvalue weighted by Gasteiger charge is -1.97. The van der Waals surface area contributed by atoms with Crippen LogP contribution in [0.2, 0.25) is 0 Å². The second-order valence-corrected chi connectivity index (χ2v) is 3.32. The fourth-order valence-corrected chi connectivity index (χ4v) is 1.09. The largest absolute Gasteiger partial charge is 0.382 e. The fourth-order valence-electron chi connectivity index (χ4n) is 0.886. The average molecular weight is 240 g/mol. The third-order valence-electron chi connectivity index (χ3n) is 1.44. The molecule has 2 aromatic heterocycles. The molecule has 0 radical (unpaired) electrons. The summed E-state index contributed by atoms with van der Waals surface area (Å²) < 4.78 is 2.49. The Hall–Kier alpha value is -1.43. The van der Waals surface area contributed by atoms with Gasteiger partial charge in [0.2, 0.25) is 5.95 Å². The molecule has 6 heteroatoms. The molecule has 2 N–H and O–H groups in total. The van der Waals surface area contributed by atoms with Crippen LogP contribution in [0.1, 0.15) is 0 Å². The fraction of sp³-hybridized carbons (Fsp3) is 0. The molecule has 0 aromatic carbocycles. The predicted molar refractivity (Wildman–Crippen MR) is 51.3 cm³/mol. The minimum Gasteiger partial charge on any atom is -0.382 e. The summed E-state index contributed by atoms with van der Waals surface area (Å²) >= 11 is 3.25. The molecule has 0 saturated carbocycles. The predicted octanol–water partition coefficient (Wildman–Crippen LogP) is 1.01. The number of nitrogen functional groups attached to an aromatic ring is 1. The van der Waals surface area contributed by atoms with Crippen molar-refractivity contribution in [1.82, 2.24) is 19.5 Å². The van der Waals surface area contributed by atoms with Gasteiger partial charge in [0, 0.05) is 12.4 Å². The van der Waals surface area contributed by atoms with Crippen molar-refractivity contribution in [3.05, 3.63) is 29.4 Å². The molecule has 66 valence electrons. The minimum absolute atomic E-state index is 0.450. The normalized spacial score (nSPS) is 10.2. The van der Waals surface area contributed by atoms with Gasteiger partial charge >= 0.3 is 0 Å². The number of rotatable bonds is 1. The Labute approximate surface area is 82.8 Å². The van der Waals surface area contributed by atoms with Crippen LogP contribution < -0.4 is 5.73 Å². The Morgan fingerprint density at radius 1 is 1.23 bits per heavy atom. The van der Waals surface area contributed by atoms with Crippen molar-refractivity contribution in [2.75, 3.05) is 5.73 Å². The standard InChI is InChI=1S/C7H6BrN5/c8-5-1-10-7(11-2-5)13-3-6(9)12-4-13/h1-4H,9H2. The van der Waals surface area contributed by atoms with Gasteiger partial charge in [0.25, 0.3) is 0 Å². The number of halogens is 1. The summed E-state index contributed by atoms with van der Waals surface area (Å²) in [5.41, 5.74) is 5.45. The lowest BCUT2D eigenvalue weighted by atomic mass is 10.6. The van der Waals surface area contributed by atoms with Gasteiger partial charge in [0.15, 0.2) is 0 Å². The van der Waals surface area contributed by atoms with Gasteiger partial charge < -0.3 is 5.73 Å². The minimum atomic E-state index is 0.450. The maximum atomic E-state index is 5.45. The zero-order valence-corrected chi connectivity index (χ0v) is 8.14. The van der Waals surface area contributed by atoms with Crippen LogP contribution in [0.3, 0.4) is 0 Å². The SMILES string of the molecule is Nc1cn(-c2ncc(Br)cn2)cn1. The highest BCUT2D eigenvalue weighted by Crippen LogP contribution is 2.08. The summed E-state index contributed by atoms with van der Waals surface area (Å²) in [5.74, 6) is 0.999. The highest BCUT2D eigenvalue weighted by molar-refractivity contribution is 9.10. The van der Waals surface area contributed by atoms with Crippen molar-refractivity contribution >= 4 is 21.7 Å². The van der Waals surface area contributed by atoms with Crippen molar-refractivity contribution in [1.29, 1.82) is 0 Å². The summed E-state index contributed by atoms with van der Waals surface area (Å²) in [5, 5.41) is 0. The maximum Gasteiger partial charge on any atom is 0.234 e. The number of nitrogens with zero attached hydrogens (tertiary/aromatic N) is 4. The Morgan fingerprint density at radius 3 is 2.46 bits per heavy atom. The highest BCUT2D eigenvalue weighted by atomic mass is 79.9. The Kier molecular flexibility index (Phi) is 1.97. The van der Waals surface area contributed by atoms with Gasteiger partial charge in [-0.15, -0.1) is 0 Å². The molecule has 0 spiro atoms. The van der Waals surface area contributed by atoms with Gasteiger partial charge in [-0.05, 0) is 15.9 Å². The van der Waals surface area contributed by atoms with E-state index in [9.17, 15) is 0 Å². The maximum absolute atomic E-state index is 5.45. The van der Waals surface area contributed by atoms with E-state index in [0.717, 1.165) is 4.47 Å². The van der Waals surface area contributed by atoms with Gasteiger partial charge in [-0.3, -0.25) is 4.57 Å². The molecular formula is C7H6BrN5. The highest BCUT2D eigenvalue weighted by Gasteiger charge is 1.99. The first kappa shape index (κ1) is 8.18. The lowest BCUT2D eigenvalue weighted by molar-refractivity contribution is 0.921. The second-order valence-electron chi connectivity index (χ2n) is 2.41. The van der Waals surface area contributed by atoms with Crippen molar-refractivity contribution in [3.8, 4) is 5.95 Å². The van der Waals surface area contributed by atoms with E-state index in [0.29, 0.717) is 11.8 Å². The zero-order valence-electron chi connectivity index (χ0n) is 6.55. The Bertz CT molecular complexity index is 407. The van der Waals surface area contributed by atoms with Crippen molar-refractivity contribution < 1.29 is 0 Å². The van der Waals surface area contributed by atoms with Crippen LogP contribution in [0, 0.1) is 0 Å². The molecule has 13 heavy (non-hydrogen) atoms. The van der Waals surface area contributed by atoms with E-state index in [-0.39, 0.29) is 0 Å². The van der Waals surface area contributed by atoms with Gasteiger partial charge in [-0.2, -0.15) is 0 Å². The molecule has 2 rings (SSSR count). The van der Waals surface area contributed by atoms with Crippen LogP contribution in [0.5, 0.6) is 0 Å². The molecule has 0 unspecified atom stereocenters. The van der Waals surface area contributed by atoms with E-state index in [2.05, 4.69) is 30.9 Å². The molecule has 0 aliphatic heterocycles. The molecular weight excluding hydrogens is 234 g/mol. The molecule has 0 atom stereocenters. The van der Waals surface area contributed by atoms with Crippen LogP contribution in [0.4, 0.5) is 5.82 Å². The number of hydrogen-bond acceptors (Lipinski definition) is 4. The number of nitrogens with two attached hydrogens (primary N) is 1. The summed E-state index contributed by atoms with van der Waals surface area (Å²) in [6, 6.07) is 0. The van der Waals surface area contributed by atoms with Crippen molar-refractivity contribution in [2.45, 2.75) is 0 Å². The summed E-state index contributed by atoms with van der Waals surface area (Å²) in [6.07, 6.45) is 6.55. The Morgan fingerprint density at radius 2 is 1.92 bits per heavy atom. The second kappa shape index (κ2) is 3.14. The monoisotopic (exact) mass is 239 g/mol. The van der Waals surface area contributed by atoms with E-state index in [4.69, 9.17) is 5.73 Å². The van der Waals surface area contributed by atoms with E-state index < -0.39 is 0 Å². The first-order chi connectivity index (χ1) is 6.25. The Balaban J connectivity index is 2.41. The van der Waals surface area contributed by atoms with Gasteiger partial charge in [-0.1, -0.05) is 0 Å². The van der Waals surface area contributed by atoms with Crippen LogP contribution in [0.15, 0.2) is 29.4 Å². The number of hydrogen-bond donors (Lipinski definition) is 1. The number of aromatic nitrogens is 4. The molecule has 0 aliphatic rings. The topological polar surface area (TPSA) is 69.6 Å². The van der Waals surface area contributed by atoms with E-state index in [1.165, 1.54) is 0 Å². The zero-order chi connectivity index (χ0) is 9.26. The number of anilines is 1. The van der Waals surface area contributed by atoms with Crippen LogP contribution in [-0.2, 0) is 0 Å². The molecule has 0 amide bonds.